The van der Waals surface area contributed by atoms with Crippen LogP contribution in [0.1, 0.15) is 23.5 Å². The molecule has 0 radical (unpaired) electrons. The van der Waals surface area contributed by atoms with Gasteiger partial charge in [0.1, 0.15) is 6.10 Å². The number of aryl methyl sites for hydroxylation is 1. The number of aromatic nitrogens is 2. The number of nitrogens with zero attached hydrogens (tertiary/aromatic N) is 3. The smallest absolute Gasteiger partial charge is 0.273 e. The van der Waals surface area contributed by atoms with Gasteiger partial charge < -0.3 is 4.74 Å². The van der Waals surface area contributed by atoms with E-state index in [4.69, 9.17) is 4.74 Å². The van der Waals surface area contributed by atoms with E-state index in [2.05, 4.69) is 27.2 Å². The van der Waals surface area contributed by atoms with E-state index in [9.17, 15) is 0 Å². The topological polar surface area (TPSA) is 38.2 Å². The van der Waals surface area contributed by atoms with Crippen molar-refractivity contribution in [2.24, 2.45) is 0 Å². The Labute approximate surface area is 121 Å². The van der Waals surface area contributed by atoms with Crippen LogP contribution in [0.4, 0.5) is 0 Å². The molecule has 19 heavy (non-hydrogen) atoms. The van der Waals surface area contributed by atoms with Gasteiger partial charge in [0, 0.05) is 36.6 Å². The first-order chi connectivity index (χ1) is 9.29. The van der Waals surface area contributed by atoms with Crippen LogP contribution in [-0.4, -0.2) is 34.1 Å². The monoisotopic (exact) mass is 295 g/mol. The normalized spacial score (nSPS) is 17.7. The maximum Gasteiger partial charge on any atom is 0.273 e. The van der Waals surface area contributed by atoms with E-state index in [1.807, 2.05) is 5.38 Å². The van der Waals surface area contributed by atoms with Gasteiger partial charge in [-0.1, -0.05) is 11.3 Å². The third kappa shape index (κ3) is 3.52. The molecule has 0 atom stereocenters. The molecule has 6 heteroatoms. The molecule has 0 saturated carbocycles. The van der Waals surface area contributed by atoms with E-state index in [-0.39, 0.29) is 0 Å². The van der Waals surface area contributed by atoms with Crippen molar-refractivity contribution in [1.82, 2.24) is 14.9 Å². The molecule has 3 rings (SSSR count). The van der Waals surface area contributed by atoms with Crippen molar-refractivity contribution in [2.75, 3.05) is 13.1 Å². The first-order valence-corrected chi connectivity index (χ1v) is 8.25. The van der Waals surface area contributed by atoms with E-state index in [1.54, 1.807) is 28.9 Å². The van der Waals surface area contributed by atoms with Crippen LogP contribution >= 0.6 is 22.7 Å². The van der Waals surface area contributed by atoms with Gasteiger partial charge in [0.15, 0.2) is 0 Å². The van der Waals surface area contributed by atoms with Gasteiger partial charge in [0.05, 0.1) is 10.7 Å². The minimum absolute atomic E-state index is 0.319. The molecular weight excluding hydrogens is 278 g/mol. The van der Waals surface area contributed by atoms with Crippen molar-refractivity contribution in [3.8, 4) is 5.19 Å². The Kier molecular flexibility index (Phi) is 4.10. The molecule has 0 aromatic carbocycles. The molecule has 1 fully saturated rings. The highest BCUT2D eigenvalue weighted by Crippen LogP contribution is 2.21. The van der Waals surface area contributed by atoms with Crippen LogP contribution in [0, 0.1) is 6.92 Å². The Balaban J connectivity index is 1.46. The maximum absolute atomic E-state index is 5.87. The van der Waals surface area contributed by atoms with Gasteiger partial charge in [-0.3, -0.25) is 4.90 Å². The molecule has 1 aliphatic rings. The molecule has 4 nitrogen and oxygen atoms in total. The molecule has 2 aromatic heterocycles. The van der Waals surface area contributed by atoms with E-state index >= 15 is 0 Å². The summed E-state index contributed by atoms with van der Waals surface area (Å²) in [4.78, 5) is 11.2. The van der Waals surface area contributed by atoms with E-state index < -0.39 is 0 Å². The molecule has 102 valence electrons. The Morgan fingerprint density at radius 3 is 2.84 bits per heavy atom. The fraction of sp³-hybridized carbons (Fsp3) is 0.538. The minimum Gasteiger partial charge on any atom is -0.467 e. The number of thiazole rings is 2. The lowest BCUT2D eigenvalue weighted by molar-refractivity contribution is 0.0959. The zero-order valence-corrected chi connectivity index (χ0v) is 12.5. The van der Waals surface area contributed by atoms with Crippen LogP contribution in [0.3, 0.4) is 0 Å². The molecule has 2 aromatic rings. The number of likely N-dealkylation sites (tertiary alicyclic amines) is 1. The van der Waals surface area contributed by atoms with Crippen LogP contribution in [0.5, 0.6) is 5.19 Å². The molecule has 0 amide bonds. The second kappa shape index (κ2) is 5.98. The highest BCUT2D eigenvalue weighted by atomic mass is 32.1. The lowest BCUT2D eigenvalue weighted by Crippen LogP contribution is -2.37. The van der Waals surface area contributed by atoms with Gasteiger partial charge in [0.2, 0.25) is 0 Å². The maximum atomic E-state index is 5.87. The van der Waals surface area contributed by atoms with E-state index in [1.165, 1.54) is 5.69 Å². The standard InChI is InChI=1S/C13H17N3OS2/c1-10-15-11(9-19-10)8-16-5-2-12(3-6-16)17-13-14-4-7-18-13/h4,7,9,12H,2-3,5-6,8H2,1H3. The minimum atomic E-state index is 0.319. The predicted octanol–water partition coefficient (Wildman–Crippen LogP) is 2.95. The van der Waals surface area contributed by atoms with Crippen LogP contribution in [0.15, 0.2) is 17.0 Å². The van der Waals surface area contributed by atoms with Gasteiger partial charge in [-0.2, -0.15) is 0 Å². The van der Waals surface area contributed by atoms with Crippen molar-refractivity contribution in [1.29, 1.82) is 0 Å². The summed E-state index contributed by atoms with van der Waals surface area (Å²) >= 11 is 3.29. The number of piperidine rings is 1. The lowest BCUT2D eigenvalue weighted by Gasteiger charge is -2.30. The summed E-state index contributed by atoms with van der Waals surface area (Å²) in [7, 11) is 0. The van der Waals surface area contributed by atoms with Gasteiger partial charge in [-0.15, -0.1) is 11.3 Å². The zero-order valence-electron chi connectivity index (χ0n) is 10.9. The number of ether oxygens (including phenoxy) is 1. The van der Waals surface area contributed by atoms with Crippen LogP contribution < -0.4 is 4.74 Å². The van der Waals surface area contributed by atoms with Gasteiger partial charge in [-0.05, 0) is 19.8 Å². The summed E-state index contributed by atoms with van der Waals surface area (Å²) in [6.07, 6.45) is 4.25. The molecule has 3 heterocycles. The second-order valence-corrected chi connectivity index (χ2v) is 6.67. The average molecular weight is 295 g/mol. The quantitative estimate of drug-likeness (QED) is 0.869. The SMILES string of the molecule is Cc1nc(CN2CCC(Oc3nccs3)CC2)cs1. The van der Waals surface area contributed by atoms with Gasteiger partial charge in [0.25, 0.3) is 5.19 Å². The molecule has 0 bridgehead atoms. The molecule has 0 spiro atoms. The summed E-state index contributed by atoms with van der Waals surface area (Å²) in [5.41, 5.74) is 1.20. The van der Waals surface area contributed by atoms with Gasteiger partial charge in [-0.25, -0.2) is 9.97 Å². The molecule has 0 unspecified atom stereocenters. The van der Waals surface area contributed by atoms with Crippen molar-refractivity contribution < 1.29 is 4.74 Å². The first-order valence-electron chi connectivity index (χ1n) is 6.49. The van der Waals surface area contributed by atoms with Crippen LogP contribution in [0.25, 0.3) is 0 Å². The number of hydrogen-bond acceptors (Lipinski definition) is 6. The highest BCUT2D eigenvalue weighted by Gasteiger charge is 2.21. The van der Waals surface area contributed by atoms with Crippen molar-refractivity contribution >= 4 is 22.7 Å². The van der Waals surface area contributed by atoms with Crippen molar-refractivity contribution in [2.45, 2.75) is 32.4 Å². The lowest BCUT2D eigenvalue weighted by atomic mass is 10.1. The van der Waals surface area contributed by atoms with Gasteiger partial charge >= 0.3 is 0 Å². The summed E-state index contributed by atoms with van der Waals surface area (Å²) in [6, 6.07) is 0. The van der Waals surface area contributed by atoms with E-state index in [0.717, 1.165) is 42.7 Å². The summed E-state index contributed by atoms with van der Waals surface area (Å²) in [5, 5.41) is 6.06. The molecule has 1 saturated heterocycles. The molecule has 1 aliphatic heterocycles. The summed E-state index contributed by atoms with van der Waals surface area (Å²) in [6.45, 7) is 5.18. The predicted molar refractivity (Wildman–Crippen MR) is 77.9 cm³/mol. The molecule has 0 aliphatic carbocycles. The fourth-order valence-corrected chi connectivity index (χ4v) is 3.46. The van der Waals surface area contributed by atoms with E-state index in [0.29, 0.717) is 6.10 Å². The highest BCUT2D eigenvalue weighted by molar-refractivity contribution is 7.11. The fourth-order valence-electron chi connectivity index (χ4n) is 2.31. The Hall–Kier alpha value is -0.980. The zero-order chi connectivity index (χ0) is 13.1. The first kappa shape index (κ1) is 13.0. The Bertz CT molecular complexity index is 504. The Morgan fingerprint density at radius 2 is 2.21 bits per heavy atom. The Morgan fingerprint density at radius 1 is 1.37 bits per heavy atom. The van der Waals surface area contributed by atoms with Crippen LogP contribution in [-0.2, 0) is 6.54 Å². The summed E-state index contributed by atoms with van der Waals surface area (Å²) < 4.78 is 5.87. The van der Waals surface area contributed by atoms with Crippen molar-refractivity contribution in [3.05, 3.63) is 27.7 Å². The second-order valence-electron chi connectivity index (χ2n) is 4.75. The molecule has 0 N–H and O–H groups in total. The third-order valence-corrected chi connectivity index (χ3v) is 4.75. The number of hydrogen-bond donors (Lipinski definition) is 0. The summed E-state index contributed by atoms with van der Waals surface area (Å²) in [5.74, 6) is 0. The average Bonchev–Trinajstić information content (AvgIpc) is 3.04. The van der Waals surface area contributed by atoms with Crippen molar-refractivity contribution in [3.63, 3.8) is 0 Å². The molecular formula is C13H17N3OS2. The third-order valence-electron chi connectivity index (χ3n) is 3.26. The van der Waals surface area contributed by atoms with Crippen LogP contribution in [0.2, 0.25) is 0 Å². The number of rotatable bonds is 4. The largest absolute Gasteiger partial charge is 0.467 e.